The molecular weight excluding hydrogens is 324 g/mol. The molecule has 0 amide bonds. The molecule has 112 valence electrons. The second kappa shape index (κ2) is 6.26. The normalized spacial score (nSPS) is 13.2. The highest BCUT2D eigenvalue weighted by molar-refractivity contribution is 6.33. The first-order valence-corrected chi connectivity index (χ1v) is 6.82. The highest BCUT2D eigenvalue weighted by atomic mass is 35.5. The molecule has 6 heteroatoms. The van der Waals surface area contributed by atoms with Gasteiger partial charge >= 0.3 is 6.18 Å². The van der Waals surface area contributed by atoms with Crippen molar-refractivity contribution in [2.45, 2.75) is 18.7 Å². The molecule has 1 N–H and O–H groups in total. The van der Waals surface area contributed by atoms with Gasteiger partial charge in [0, 0.05) is 16.5 Å². The van der Waals surface area contributed by atoms with Crippen LogP contribution in [0.1, 0.15) is 22.8 Å². The van der Waals surface area contributed by atoms with E-state index in [1.54, 1.807) is 12.1 Å². The summed E-state index contributed by atoms with van der Waals surface area (Å²) in [6.07, 6.45) is -5.89. The van der Waals surface area contributed by atoms with Crippen LogP contribution in [0.4, 0.5) is 13.2 Å². The third-order valence-electron chi connectivity index (χ3n) is 3.05. The molecule has 21 heavy (non-hydrogen) atoms. The van der Waals surface area contributed by atoms with Gasteiger partial charge in [-0.3, -0.25) is 0 Å². The minimum Gasteiger partial charge on any atom is -0.388 e. The van der Waals surface area contributed by atoms with Crippen molar-refractivity contribution in [1.29, 1.82) is 0 Å². The molecule has 2 rings (SSSR count). The van der Waals surface area contributed by atoms with Crippen LogP contribution in [-0.2, 0) is 12.6 Å². The van der Waals surface area contributed by atoms with Crippen molar-refractivity contribution in [1.82, 2.24) is 0 Å². The SMILES string of the molecule is OC(Cc1cc(Cl)ccc1Cl)c1ccccc1C(F)(F)F. The molecule has 0 aliphatic carbocycles. The highest BCUT2D eigenvalue weighted by Gasteiger charge is 2.34. The van der Waals surface area contributed by atoms with Crippen LogP contribution in [0.2, 0.25) is 10.0 Å². The van der Waals surface area contributed by atoms with Crippen molar-refractivity contribution >= 4 is 23.2 Å². The molecule has 0 aromatic heterocycles. The number of aliphatic hydroxyl groups is 1. The van der Waals surface area contributed by atoms with E-state index in [-0.39, 0.29) is 12.0 Å². The van der Waals surface area contributed by atoms with E-state index >= 15 is 0 Å². The van der Waals surface area contributed by atoms with Crippen molar-refractivity contribution in [3.05, 3.63) is 69.2 Å². The van der Waals surface area contributed by atoms with Gasteiger partial charge in [-0.25, -0.2) is 0 Å². The zero-order valence-corrected chi connectivity index (χ0v) is 12.2. The molecule has 1 unspecified atom stereocenters. The molecule has 0 spiro atoms. The summed E-state index contributed by atoms with van der Waals surface area (Å²) in [5.74, 6) is 0. The number of aliphatic hydroxyl groups excluding tert-OH is 1. The summed E-state index contributed by atoms with van der Waals surface area (Å²) in [6, 6.07) is 9.58. The number of rotatable bonds is 3. The average Bonchev–Trinajstić information content (AvgIpc) is 2.42. The van der Waals surface area contributed by atoms with Gasteiger partial charge < -0.3 is 5.11 Å². The van der Waals surface area contributed by atoms with E-state index in [1.165, 1.54) is 24.3 Å². The van der Waals surface area contributed by atoms with Gasteiger partial charge in [-0.05, 0) is 35.4 Å². The Balaban J connectivity index is 2.33. The molecule has 0 saturated heterocycles. The minimum atomic E-state index is -4.52. The smallest absolute Gasteiger partial charge is 0.388 e. The van der Waals surface area contributed by atoms with Crippen molar-refractivity contribution < 1.29 is 18.3 Å². The van der Waals surface area contributed by atoms with Crippen LogP contribution in [-0.4, -0.2) is 5.11 Å². The van der Waals surface area contributed by atoms with Crippen LogP contribution in [0.25, 0.3) is 0 Å². The van der Waals surface area contributed by atoms with Gasteiger partial charge in [0.15, 0.2) is 0 Å². The lowest BCUT2D eigenvalue weighted by atomic mass is 9.97. The van der Waals surface area contributed by atoms with Crippen LogP contribution >= 0.6 is 23.2 Å². The van der Waals surface area contributed by atoms with Crippen LogP contribution in [0.15, 0.2) is 42.5 Å². The Kier molecular flexibility index (Phi) is 4.81. The quantitative estimate of drug-likeness (QED) is 0.808. The van der Waals surface area contributed by atoms with Gasteiger partial charge in [-0.2, -0.15) is 13.2 Å². The van der Waals surface area contributed by atoms with Crippen LogP contribution in [0.3, 0.4) is 0 Å². The zero-order valence-electron chi connectivity index (χ0n) is 10.7. The van der Waals surface area contributed by atoms with E-state index in [1.807, 2.05) is 0 Å². The molecule has 2 aromatic carbocycles. The van der Waals surface area contributed by atoms with E-state index in [4.69, 9.17) is 23.2 Å². The molecular formula is C15H11Cl2F3O. The molecule has 0 saturated carbocycles. The summed E-state index contributed by atoms with van der Waals surface area (Å²) in [4.78, 5) is 0. The van der Waals surface area contributed by atoms with Crippen molar-refractivity contribution in [2.75, 3.05) is 0 Å². The fraction of sp³-hybridized carbons (Fsp3) is 0.200. The first-order valence-electron chi connectivity index (χ1n) is 6.07. The van der Waals surface area contributed by atoms with Crippen LogP contribution in [0.5, 0.6) is 0 Å². The van der Waals surface area contributed by atoms with Crippen LogP contribution in [0, 0.1) is 0 Å². The van der Waals surface area contributed by atoms with Crippen molar-refractivity contribution in [3.63, 3.8) is 0 Å². The van der Waals surface area contributed by atoms with Gasteiger partial charge in [0.1, 0.15) is 0 Å². The summed E-state index contributed by atoms with van der Waals surface area (Å²) < 4.78 is 38.8. The van der Waals surface area contributed by atoms with Crippen molar-refractivity contribution in [2.24, 2.45) is 0 Å². The molecule has 2 aromatic rings. The molecule has 0 fully saturated rings. The number of alkyl halides is 3. The van der Waals surface area contributed by atoms with Gasteiger partial charge in [-0.15, -0.1) is 0 Å². The first-order chi connectivity index (χ1) is 9.79. The third kappa shape index (κ3) is 3.90. The van der Waals surface area contributed by atoms with Gasteiger partial charge in [-0.1, -0.05) is 41.4 Å². The summed E-state index contributed by atoms with van der Waals surface area (Å²) in [6.45, 7) is 0. The topological polar surface area (TPSA) is 20.2 Å². The molecule has 0 heterocycles. The van der Waals surface area contributed by atoms with E-state index < -0.39 is 17.8 Å². The predicted molar refractivity (Wildman–Crippen MR) is 76.6 cm³/mol. The second-order valence-electron chi connectivity index (χ2n) is 4.54. The molecule has 1 nitrogen and oxygen atoms in total. The highest BCUT2D eigenvalue weighted by Crippen LogP contribution is 2.36. The Hall–Kier alpha value is -1.23. The first kappa shape index (κ1) is 16.1. The largest absolute Gasteiger partial charge is 0.416 e. The zero-order chi connectivity index (χ0) is 15.6. The summed E-state index contributed by atoms with van der Waals surface area (Å²) in [5, 5.41) is 10.9. The Bertz CT molecular complexity index is 641. The van der Waals surface area contributed by atoms with E-state index in [0.29, 0.717) is 15.6 Å². The molecule has 1 atom stereocenters. The summed E-state index contributed by atoms with van der Waals surface area (Å²) in [5.41, 5.74) is -0.537. The minimum absolute atomic E-state index is 0.0491. The van der Waals surface area contributed by atoms with E-state index in [9.17, 15) is 18.3 Å². The maximum absolute atomic E-state index is 12.9. The second-order valence-corrected chi connectivity index (χ2v) is 5.38. The Morgan fingerprint density at radius 3 is 2.38 bits per heavy atom. The summed E-state index contributed by atoms with van der Waals surface area (Å²) in [7, 11) is 0. The Labute approximate surface area is 129 Å². The number of hydrogen-bond acceptors (Lipinski definition) is 1. The molecule has 0 radical (unpaired) electrons. The maximum atomic E-state index is 12.9. The lowest BCUT2D eigenvalue weighted by Crippen LogP contribution is -2.13. The summed E-state index contributed by atoms with van der Waals surface area (Å²) >= 11 is 11.8. The van der Waals surface area contributed by atoms with Crippen molar-refractivity contribution in [3.8, 4) is 0 Å². The Morgan fingerprint density at radius 2 is 1.71 bits per heavy atom. The monoisotopic (exact) mass is 334 g/mol. The van der Waals surface area contributed by atoms with Gasteiger partial charge in [0.2, 0.25) is 0 Å². The molecule has 0 aliphatic heterocycles. The standard InChI is InChI=1S/C15H11Cl2F3O/c16-10-5-6-13(17)9(7-10)8-14(21)11-3-1-2-4-12(11)15(18,19)20/h1-7,14,21H,8H2. The average molecular weight is 335 g/mol. The van der Waals surface area contributed by atoms with Gasteiger partial charge in [0.25, 0.3) is 0 Å². The fourth-order valence-electron chi connectivity index (χ4n) is 2.06. The fourth-order valence-corrected chi connectivity index (χ4v) is 2.45. The van der Waals surface area contributed by atoms with Crippen LogP contribution < -0.4 is 0 Å². The van der Waals surface area contributed by atoms with E-state index in [2.05, 4.69) is 0 Å². The van der Waals surface area contributed by atoms with Gasteiger partial charge in [0.05, 0.1) is 11.7 Å². The number of hydrogen-bond donors (Lipinski definition) is 1. The third-order valence-corrected chi connectivity index (χ3v) is 3.65. The lowest BCUT2D eigenvalue weighted by Gasteiger charge is -2.18. The predicted octanol–water partition coefficient (Wildman–Crippen LogP) is 5.29. The molecule has 0 bridgehead atoms. The number of benzene rings is 2. The maximum Gasteiger partial charge on any atom is 0.416 e. The Morgan fingerprint density at radius 1 is 1.05 bits per heavy atom. The lowest BCUT2D eigenvalue weighted by molar-refractivity contribution is -0.139. The molecule has 0 aliphatic rings. The number of halogens is 5. The van der Waals surface area contributed by atoms with E-state index in [0.717, 1.165) is 6.07 Å².